The van der Waals surface area contributed by atoms with E-state index in [1.807, 2.05) is 0 Å². The Bertz CT molecular complexity index is 277. The van der Waals surface area contributed by atoms with Gasteiger partial charge in [0.05, 0.1) is 0 Å². The number of hydrogen-bond donors (Lipinski definition) is 1. The molecule has 1 aromatic carbocycles. The molecule has 1 rings (SSSR count). The molecule has 0 nitrogen and oxygen atoms in total. The topological polar surface area (TPSA) is 0 Å². The molecule has 0 aromatic heterocycles. The van der Waals surface area contributed by atoms with E-state index in [1.165, 1.54) is 16.9 Å². The molecule has 0 fully saturated rings. The summed E-state index contributed by atoms with van der Waals surface area (Å²) in [6.45, 7) is 6.78. The lowest BCUT2D eigenvalue weighted by Gasteiger charge is -2.19. The molecule has 0 atom stereocenters. The molecule has 0 radical (unpaired) electrons. The Kier molecular flexibility index (Phi) is 3.65. The van der Waals surface area contributed by atoms with Gasteiger partial charge in [0.2, 0.25) is 0 Å². The summed E-state index contributed by atoms with van der Waals surface area (Å²) >= 11 is 0. The smallest absolute Gasteiger partial charge is 0.000395 e. The van der Waals surface area contributed by atoms with Gasteiger partial charge in [-0.1, -0.05) is 45.0 Å². The van der Waals surface area contributed by atoms with Crippen molar-refractivity contribution in [2.24, 2.45) is 0 Å². The molecular weight excluding hydrogens is 188 g/mol. The Labute approximate surface area is 91.1 Å². The Hall–Kier alpha value is -0.430. The van der Waals surface area contributed by atoms with Gasteiger partial charge in [-0.05, 0) is 34.8 Å². The molecule has 0 heterocycles. The summed E-state index contributed by atoms with van der Waals surface area (Å²) in [6, 6.07) is 9.11. The SMILES string of the molecule is C[SH](C)Cc1ccc(C(C)(C)C)cc1. The molecule has 1 heteroatoms. The summed E-state index contributed by atoms with van der Waals surface area (Å²) in [4.78, 5) is 0. The van der Waals surface area contributed by atoms with Crippen molar-refractivity contribution in [3.63, 3.8) is 0 Å². The molecule has 0 aliphatic heterocycles. The number of benzene rings is 1. The minimum atomic E-state index is 0.186. The van der Waals surface area contributed by atoms with E-state index in [1.54, 1.807) is 0 Å². The van der Waals surface area contributed by atoms with Crippen LogP contribution in [0.3, 0.4) is 0 Å². The van der Waals surface area contributed by atoms with Crippen molar-refractivity contribution in [3.05, 3.63) is 35.4 Å². The van der Waals surface area contributed by atoms with Crippen LogP contribution in [0.25, 0.3) is 0 Å². The van der Waals surface area contributed by atoms with Gasteiger partial charge < -0.3 is 0 Å². The van der Waals surface area contributed by atoms with E-state index in [2.05, 4.69) is 57.5 Å². The Balaban J connectivity index is 2.79. The zero-order valence-electron chi connectivity index (χ0n) is 9.96. The van der Waals surface area contributed by atoms with Gasteiger partial charge in [-0.25, -0.2) is 0 Å². The number of thiol groups is 1. The van der Waals surface area contributed by atoms with Gasteiger partial charge >= 0.3 is 0 Å². The van der Waals surface area contributed by atoms with Crippen molar-refractivity contribution in [2.75, 3.05) is 12.5 Å². The number of rotatable bonds is 2. The Morgan fingerprint density at radius 3 is 1.86 bits per heavy atom. The minimum Gasteiger partial charge on any atom is -0.255 e. The highest BCUT2D eigenvalue weighted by Gasteiger charge is 2.12. The zero-order valence-corrected chi connectivity index (χ0v) is 10.9. The first-order chi connectivity index (χ1) is 6.39. The van der Waals surface area contributed by atoms with Crippen molar-refractivity contribution in [2.45, 2.75) is 31.9 Å². The van der Waals surface area contributed by atoms with Crippen LogP contribution in [0.5, 0.6) is 0 Å². The summed E-state index contributed by atoms with van der Waals surface area (Å²) in [7, 11) is 0.186. The molecular formula is C13H22S. The highest BCUT2D eigenvalue weighted by molar-refractivity contribution is 8.15. The standard InChI is InChI=1S/C13H22S/c1-13(2,3)12-8-6-11(7-9-12)10-14(4)5/h6-9,14H,10H2,1-5H3. The number of hydrogen-bond acceptors (Lipinski definition) is 0. The van der Waals surface area contributed by atoms with E-state index >= 15 is 0 Å². The van der Waals surface area contributed by atoms with Crippen molar-refractivity contribution in [3.8, 4) is 0 Å². The first kappa shape index (κ1) is 11.6. The van der Waals surface area contributed by atoms with Gasteiger partial charge in [0, 0.05) is 0 Å². The van der Waals surface area contributed by atoms with E-state index in [-0.39, 0.29) is 16.3 Å². The average molecular weight is 210 g/mol. The summed E-state index contributed by atoms with van der Waals surface area (Å²) in [5, 5.41) is 0. The van der Waals surface area contributed by atoms with E-state index in [9.17, 15) is 0 Å². The van der Waals surface area contributed by atoms with Crippen LogP contribution in [-0.4, -0.2) is 12.5 Å². The second kappa shape index (κ2) is 4.39. The van der Waals surface area contributed by atoms with Gasteiger partial charge in [0.1, 0.15) is 0 Å². The zero-order chi connectivity index (χ0) is 10.8. The second-order valence-corrected chi connectivity index (χ2v) is 7.66. The first-order valence-electron chi connectivity index (χ1n) is 5.14. The normalized spacial score (nSPS) is 12.8. The summed E-state index contributed by atoms with van der Waals surface area (Å²) in [6.07, 6.45) is 4.65. The third kappa shape index (κ3) is 3.38. The van der Waals surface area contributed by atoms with Crippen LogP contribution < -0.4 is 0 Å². The van der Waals surface area contributed by atoms with Crippen molar-refractivity contribution >= 4 is 10.9 Å². The van der Waals surface area contributed by atoms with Crippen molar-refractivity contribution in [1.29, 1.82) is 0 Å². The highest BCUT2D eigenvalue weighted by Crippen LogP contribution is 2.25. The lowest BCUT2D eigenvalue weighted by atomic mass is 9.87. The van der Waals surface area contributed by atoms with Crippen LogP contribution in [0.15, 0.2) is 24.3 Å². The fraction of sp³-hybridized carbons (Fsp3) is 0.538. The third-order valence-electron chi connectivity index (χ3n) is 2.32. The molecule has 0 amide bonds. The molecule has 0 saturated heterocycles. The molecule has 1 aromatic rings. The Morgan fingerprint density at radius 2 is 1.50 bits per heavy atom. The van der Waals surface area contributed by atoms with Gasteiger partial charge in [0.15, 0.2) is 0 Å². The van der Waals surface area contributed by atoms with Gasteiger partial charge in [0.25, 0.3) is 0 Å². The first-order valence-corrected chi connectivity index (χ1v) is 7.56. The molecule has 0 spiro atoms. The Morgan fingerprint density at radius 1 is 1.00 bits per heavy atom. The average Bonchev–Trinajstić information content (AvgIpc) is 2.02. The molecule has 14 heavy (non-hydrogen) atoms. The largest absolute Gasteiger partial charge is 0.255 e. The molecule has 0 aliphatic carbocycles. The maximum atomic E-state index is 2.33. The van der Waals surface area contributed by atoms with Crippen LogP contribution in [0, 0.1) is 0 Å². The predicted octanol–water partition coefficient (Wildman–Crippen LogP) is 3.74. The fourth-order valence-electron chi connectivity index (χ4n) is 1.48. The fourth-order valence-corrected chi connectivity index (χ4v) is 2.42. The van der Waals surface area contributed by atoms with Gasteiger partial charge in [-0.3, -0.25) is 10.9 Å². The van der Waals surface area contributed by atoms with Crippen LogP contribution in [0.2, 0.25) is 0 Å². The minimum absolute atomic E-state index is 0.186. The lowest BCUT2D eigenvalue weighted by molar-refractivity contribution is 0.590. The van der Waals surface area contributed by atoms with Crippen molar-refractivity contribution < 1.29 is 0 Å². The van der Waals surface area contributed by atoms with Crippen LogP contribution in [0.4, 0.5) is 0 Å². The molecule has 0 N–H and O–H groups in total. The maximum absolute atomic E-state index is 2.33. The summed E-state index contributed by atoms with van der Waals surface area (Å²) in [5.74, 6) is 1.25. The van der Waals surface area contributed by atoms with E-state index < -0.39 is 0 Å². The highest BCUT2D eigenvalue weighted by atomic mass is 32.2. The maximum Gasteiger partial charge on any atom is -0.000395 e. The molecule has 80 valence electrons. The summed E-state index contributed by atoms with van der Waals surface area (Å²) in [5.41, 5.74) is 3.19. The van der Waals surface area contributed by atoms with Gasteiger partial charge in [-0.2, -0.15) is 0 Å². The molecule has 0 aliphatic rings. The molecule has 0 unspecified atom stereocenters. The monoisotopic (exact) mass is 210 g/mol. The molecule has 0 bridgehead atoms. The van der Waals surface area contributed by atoms with Crippen LogP contribution in [-0.2, 0) is 11.2 Å². The van der Waals surface area contributed by atoms with E-state index in [4.69, 9.17) is 0 Å². The quantitative estimate of drug-likeness (QED) is 0.706. The van der Waals surface area contributed by atoms with E-state index in [0.29, 0.717) is 0 Å². The molecule has 0 saturated carbocycles. The predicted molar refractivity (Wildman–Crippen MR) is 69.7 cm³/mol. The van der Waals surface area contributed by atoms with Crippen LogP contribution >= 0.6 is 10.9 Å². The third-order valence-corrected chi connectivity index (χ3v) is 3.32. The van der Waals surface area contributed by atoms with Crippen LogP contribution in [0.1, 0.15) is 31.9 Å². The second-order valence-electron chi connectivity index (χ2n) is 5.18. The van der Waals surface area contributed by atoms with E-state index in [0.717, 1.165) is 0 Å². The van der Waals surface area contributed by atoms with Gasteiger partial charge in [-0.15, -0.1) is 0 Å². The lowest BCUT2D eigenvalue weighted by Crippen LogP contribution is -2.10. The van der Waals surface area contributed by atoms with Crippen molar-refractivity contribution in [1.82, 2.24) is 0 Å². The summed E-state index contributed by atoms with van der Waals surface area (Å²) < 4.78 is 0.